The molecule has 4 heteroatoms. The van der Waals surface area contributed by atoms with Crippen LogP contribution in [0.25, 0.3) is 0 Å². The molecule has 0 spiro atoms. The number of halogens is 3. The van der Waals surface area contributed by atoms with E-state index >= 15 is 0 Å². The highest BCUT2D eigenvalue weighted by molar-refractivity contribution is 5.35. The largest absolute Gasteiger partial charge is 0.493 e. The van der Waals surface area contributed by atoms with Gasteiger partial charge in [-0.3, -0.25) is 0 Å². The first-order valence-electron chi connectivity index (χ1n) is 3.84. The van der Waals surface area contributed by atoms with Crippen LogP contribution in [0, 0.1) is 0 Å². The maximum absolute atomic E-state index is 12.3. The van der Waals surface area contributed by atoms with Crippen LogP contribution in [-0.2, 0) is 6.18 Å². The van der Waals surface area contributed by atoms with Gasteiger partial charge < -0.3 is 4.74 Å². The molecule has 0 heterocycles. The molecule has 1 aromatic rings. The number of ether oxygens (including phenoxy) is 1. The lowest BCUT2D eigenvalue weighted by Crippen LogP contribution is -2.08. The van der Waals surface area contributed by atoms with Crippen molar-refractivity contribution in [3.05, 3.63) is 29.8 Å². The predicted octanol–water partition coefficient (Wildman–Crippen LogP) is 3.10. The minimum absolute atomic E-state index is 0.113. The first kappa shape index (κ1) is 9.89. The van der Waals surface area contributed by atoms with Crippen LogP contribution in [0.15, 0.2) is 24.3 Å². The smallest absolute Gasteiger partial charge is 0.419 e. The predicted molar refractivity (Wildman–Crippen MR) is 42.6 cm³/mol. The molecule has 13 heavy (non-hydrogen) atoms. The summed E-state index contributed by atoms with van der Waals surface area (Å²) in [6, 6.07) is 5.17. The summed E-state index contributed by atoms with van der Waals surface area (Å²) < 4.78 is 41.7. The van der Waals surface area contributed by atoms with Crippen LogP contribution in [0.4, 0.5) is 13.2 Å². The second-order valence-electron chi connectivity index (χ2n) is 2.43. The van der Waals surface area contributed by atoms with E-state index in [4.69, 9.17) is 4.74 Å². The fourth-order valence-corrected chi connectivity index (χ4v) is 0.982. The second-order valence-corrected chi connectivity index (χ2v) is 2.43. The van der Waals surface area contributed by atoms with E-state index in [1.54, 1.807) is 6.92 Å². The lowest BCUT2D eigenvalue weighted by molar-refractivity contribution is -0.138. The fraction of sp³-hybridized carbons (Fsp3) is 0.333. The van der Waals surface area contributed by atoms with Crippen molar-refractivity contribution >= 4 is 0 Å². The number of rotatable bonds is 2. The SMILES string of the molecule is CCOc1ccccc1C(F)(F)F. The van der Waals surface area contributed by atoms with Crippen LogP contribution < -0.4 is 4.74 Å². The molecule has 0 aliphatic carbocycles. The Bertz CT molecular complexity index is 280. The van der Waals surface area contributed by atoms with E-state index in [0.29, 0.717) is 0 Å². The summed E-state index contributed by atoms with van der Waals surface area (Å²) in [5, 5.41) is 0. The van der Waals surface area contributed by atoms with Crippen molar-refractivity contribution in [2.45, 2.75) is 13.1 Å². The third-order valence-corrected chi connectivity index (χ3v) is 1.49. The molecule has 0 saturated heterocycles. The molecule has 0 aliphatic rings. The van der Waals surface area contributed by atoms with Crippen molar-refractivity contribution < 1.29 is 17.9 Å². The summed E-state index contributed by atoms with van der Waals surface area (Å²) in [4.78, 5) is 0. The number of hydrogen-bond donors (Lipinski definition) is 0. The van der Waals surface area contributed by atoms with Crippen molar-refractivity contribution in [2.24, 2.45) is 0 Å². The Balaban J connectivity index is 3.05. The Kier molecular flexibility index (Phi) is 2.80. The van der Waals surface area contributed by atoms with E-state index in [2.05, 4.69) is 0 Å². The lowest BCUT2D eigenvalue weighted by atomic mass is 10.2. The fourth-order valence-electron chi connectivity index (χ4n) is 0.982. The lowest BCUT2D eigenvalue weighted by Gasteiger charge is -2.11. The van der Waals surface area contributed by atoms with Crippen LogP contribution in [0.2, 0.25) is 0 Å². The first-order chi connectivity index (χ1) is 6.05. The summed E-state index contributed by atoms with van der Waals surface area (Å²) in [6.45, 7) is 1.88. The highest BCUT2D eigenvalue weighted by atomic mass is 19.4. The molecule has 0 aromatic heterocycles. The zero-order chi connectivity index (χ0) is 9.90. The highest BCUT2D eigenvalue weighted by Gasteiger charge is 2.33. The van der Waals surface area contributed by atoms with E-state index in [1.165, 1.54) is 18.2 Å². The van der Waals surface area contributed by atoms with Gasteiger partial charge in [0.15, 0.2) is 0 Å². The van der Waals surface area contributed by atoms with Crippen LogP contribution in [-0.4, -0.2) is 6.61 Å². The number of alkyl halides is 3. The average Bonchev–Trinajstić information content (AvgIpc) is 2.04. The van der Waals surface area contributed by atoms with Crippen LogP contribution in [0.1, 0.15) is 12.5 Å². The van der Waals surface area contributed by atoms with E-state index < -0.39 is 11.7 Å². The van der Waals surface area contributed by atoms with Crippen LogP contribution in [0.3, 0.4) is 0 Å². The van der Waals surface area contributed by atoms with Gasteiger partial charge in [-0.15, -0.1) is 0 Å². The van der Waals surface area contributed by atoms with Crippen molar-refractivity contribution in [1.82, 2.24) is 0 Å². The van der Waals surface area contributed by atoms with Gasteiger partial charge in [0, 0.05) is 0 Å². The average molecular weight is 190 g/mol. The third kappa shape index (κ3) is 2.37. The molecule has 0 amide bonds. The normalized spacial score (nSPS) is 11.4. The Morgan fingerprint density at radius 2 is 1.85 bits per heavy atom. The molecule has 0 N–H and O–H groups in total. The van der Waals surface area contributed by atoms with E-state index in [-0.39, 0.29) is 12.4 Å². The number of hydrogen-bond acceptors (Lipinski definition) is 1. The van der Waals surface area contributed by atoms with Crippen molar-refractivity contribution in [3.8, 4) is 5.75 Å². The van der Waals surface area contributed by atoms with Crippen molar-refractivity contribution in [1.29, 1.82) is 0 Å². The Morgan fingerprint density at radius 1 is 1.23 bits per heavy atom. The van der Waals surface area contributed by atoms with Gasteiger partial charge in [0.05, 0.1) is 12.2 Å². The van der Waals surface area contributed by atoms with Crippen molar-refractivity contribution in [3.63, 3.8) is 0 Å². The summed E-state index contributed by atoms with van der Waals surface area (Å²) in [5.74, 6) is -0.113. The van der Waals surface area contributed by atoms with Gasteiger partial charge in [-0.2, -0.15) is 13.2 Å². The summed E-state index contributed by atoms with van der Waals surface area (Å²) >= 11 is 0. The van der Waals surface area contributed by atoms with Crippen LogP contribution >= 0.6 is 0 Å². The quantitative estimate of drug-likeness (QED) is 0.696. The summed E-state index contributed by atoms with van der Waals surface area (Å²) in [7, 11) is 0. The third-order valence-electron chi connectivity index (χ3n) is 1.49. The molecule has 0 bridgehead atoms. The van der Waals surface area contributed by atoms with Gasteiger partial charge in [-0.1, -0.05) is 12.1 Å². The molecule has 1 nitrogen and oxygen atoms in total. The molecule has 0 fully saturated rings. The highest BCUT2D eigenvalue weighted by Crippen LogP contribution is 2.35. The molecule has 0 aliphatic heterocycles. The van der Waals surface area contributed by atoms with Crippen molar-refractivity contribution in [2.75, 3.05) is 6.61 Å². The van der Waals surface area contributed by atoms with Gasteiger partial charge in [-0.25, -0.2) is 0 Å². The Hall–Kier alpha value is -1.19. The van der Waals surface area contributed by atoms with Gasteiger partial charge in [0.25, 0.3) is 0 Å². The molecule has 0 radical (unpaired) electrons. The van der Waals surface area contributed by atoms with Gasteiger partial charge >= 0.3 is 6.18 Å². The molecule has 0 unspecified atom stereocenters. The van der Waals surface area contributed by atoms with E-state index in [1.807, 2.05) is 0 Å². The maximum Gasteiger partial charge on any atom is 0.419 e. The molecule has 72 valence electrons. The van der Waals surface area contributed by atoms with E-state index in [9.17, 15) is 13.2 Å². The first-order valence-corrected chi connectivity index (χ1v) is 3.84. The number of para-hydroxylation sites is 1. The second kappa shape index (κ2) is 3.68. The van der Waals surface area contributed by atoms with Gasteiger partial charge in [-0.05, 0) is 19.1 Å². The van der Waals surface area contributed by atoms with Gasteiger partial charge in [0.1, 0.15) is 5.75 Å². The molecule has 1 aromatic carbocycles. The molecular weight excluding hydrogens is 181 g/mol. The molecular formula is C9H9F3O. The molecule has 1 rings (SSSR count). The standard InChI is InChI=1S/C9H9F3O/c1-2-13-8-6-4-3-5-7(8)9(10,11)12/h3-6H,2H2,1H3. The molecule has 0 atom stereocenters. The van der Waals surface area contributed by atoms with Gasteiger partial charge in [0.2, 0.25) is 0 Å². The monoisotopic (exact) mass is 190 g/mol. The van der Waals surface area contributed by atoms with E-state index in [0.717, 1.165) is 6.07 Å². The summed E-state index contributed by atoms with van der Waals surface area (Å²) in [6.07, 6.45) is -4.34. The minimum Gasteiger partial charge on any atom is -0.493 e. The molecule has 0 saturated carbocycles. The number of benzene rings is 1. The Morgan fingerprint density at radius 3 is 2.38 bits per heavy atom. The minimum atomic E-state index is -4.34. The maximum atomic E-state index is 12.3. The zero-order valence-electron chi connectivity index (χ0n) is 7.06. The van der Waals surface area contributed by atoms with Crippen LogP contribution in [0.5, 0.6) is 5.75 Å². The Labute approximate surface area is 74.1 Å². The topological polar surface area (TPSA) is 9.23 Å². The summed E-state index contributed by atoms with van der Waals surface area (Å²) in [5.41, 5.74) is -0.725. The zero-order valence-corrected chi connectivity index (χ0v) is 7.06.